The van der Waals surface area contributed by atoms with E-state index in [1.165, 1.54) is 38.5 Å². The Balaban J connectivity index is 3.77. The van der Waals surface area contributed by atoms with Gasteiger partial charge in [0.1, 0.15) is 0 Å². The first-order valence-electron chi connectivity index (χ1n) is 7.75. The van der Waals surface area contributed by atoms with Crippen LogP contribution in [0.25, 0.3) is 0 Å². The monoisotopic (exact) mass is 241 g/mol. The highest BCUT2D eigenvalue weighted by atomic mass is 14.9. The fourth-order valence-electron chi connectivity index (χ4n) is 2.32. The zero-order chi connectivity index (χ0) is 13.3. The van der Waals surface area contributed by atoms with Crippen LogP contribution in [0.4, 0.5) is 0 Å². The van der Waals surface area contributed by atoms with E-state index in [1.54, 1.807) is 0 Å². The van der Waals surface area contributed by atoms with Gasteiger partial charge in [0, 0.05) is 12.1 Å². The van der Waals surface area contributed by atoms with Gasteiger partial charge < -0.3 is 5.32 Å². The Kier molecular flexibility index (Phi) is 9.91. The average molecular weight is 241 g/mol. The molecule has 3 atom stereocenters. The van der Waals surface area contributed by atoms with Crippen molar-refractivity contribution in [1.29, 1.82) is 0 Å². The summed E-state index contributed by atoms with van der Waals surface area (Å²) in [5, 5.41) is 3.81. The molecule has 0 aliphatic heterocycles. The van der Waals surface area contributed by atoms with Gasteiger partial charge in [-0.3, -0.25) is 0 Å². The highest BCUT2D eigenvalue weighted by molar-refractivity contribution is 4.72. The molecule has 0 aromatic heterocycles. The SMILES string of the molecule is CCC(C)CC(CC)NC(C)CCCC(C)C. The van der Waals surface area contributed by atoms with Gasteiger partial charge in [0.2, 0.25) is 0 Å². The third-order valence-corrected chi connectivity index (χ3v) is 3.82. The zero-order valence-corrected chi connectivity index (χ0v) is 13.1. The Morgan fingerprint density at radius 3 is 2.00 bits per heavy atom. The van der Waals surface area contributed by atoms with Gasteiger partial charge in [-0.1, -0.05) is 53.9 Å². The van der Waals surface area contributed by atoms with Crippen molar-refractivity contribution in [3.05, 3.63) is 0 Å². The second kappa shape index (κ2) is 9.94. The van der Waals surface area contributed by atoms with Crippen LogP contribution in [0, 0.1) is 11.8 Å². The largest absolute Gasteiger partial charge is 0.312 e. The van der Waals surface area contributed by atoms with Crippen molar-refractivity contribution < 1.29 is 0 Å². The molecule has 0 radical (unpaired) electrons. The lowest BCUT2D eigenvalue weighted by atomic mass is 9.96. The van der Waals surface area contributed by atoms with Crippen LogP contribution in [0.15, 0.2) is 0 Å². The maximum absolute atomic E-state index is 3.81. The second-order valence-electron chi connectivity index (χ2n) is 6.25. The van der Waals surface area contributed by atoms with E-state index in [9.17, 15) is 0 Å². The van der Waals surface area contributed by atoms with Crippen LogP contribution in [0.5, 0.6) is 0 Å². The minimum atomic E-state index is 0.683. The maximum atomic E-state index is 3.81. The van der Waals surface area contributed by atoms with Crippen molar-refractivity contribution in [3.63, 3.8) is 0 Å². The fourth-order valence-corrected chi connectivity index (χ4v) is 2.32. The van der Waals surface area contributed by atoms with E-state index in [-0.39, 0.29) is 0 Å². The van der Waals surface area contributed by atoms with Gasteiger partial charge in [0.15, 0.2) is 0 Å². The van der Waals surface area contributed by atoms with Crippen LogP contribution < -0.4 is 5.32 Å². The lowest BCUT2D eigenvalue weighted by Crippen LogP contribution is -2.37. The summed E-state index contributed by atoms with van der Waals surface area (Å²) < 4.78 is 0. The molecule has 3 unspecified atom stereocenters. The molecule has 17 heavy (non-hydrogen) atoms. The molecule has 0 aliphatic rings. The van der Waals surface area contributed by atoms with Crippen LogP contribution in [0.3, 0.4) is 0 Å². The van der Waals surface area contributed by atoms with E-state index in [4.69, 9.17) is 0 Å². The van der Waals surface area contributed by atoms with Crippen LogP contribution in [0.2, 0.25) is 0 Å². The summed E-state index contributed by atoms with van der Waals surface area (Å²) in [6.07, 6.45) is 7.97. The number of nitrogens with one attached hydrogen (secondary N) is 1. The molecule has 0 aromatic carbocycles. The molecule has 104 valence electrons. The minimum Gasteiger partial charge on any atom is -0.312 e. The third-order valence-electron chi connectivity index (χ3n) is 3.82. The molecule has 0 saturated heterocycles. The lowest BCUT2D eigenvalue weighted by molar-refractivity contribution is 0.341. The molecule has 0 fully saturated rings. The quantitative estimate of drug-likeness (QED) is 0.567. The molecule has 0 aliphatic carbocycles. The van der Waals surface area contributed by atoms with Crippen LogP contribution in [-0.4, -0.2) is 12.1 Å². The van der Waals surface area contributed by atoms with E-state index in [2.05, 4.69) is 46.9 Å². The molecule has 0 aromatic rings. The van der Waals surface area contributed by atoms with Crippen molar-refractivity contribution in [1.82, 2.24) is 5.32 Å². The zero-order valence-electron chi connectivity index (χ0n) is 13.1. The molecule has 0 spiro atoms. The highest BCUT2D eigenvalue weighted by Crippen LogP contribution is 2.14. The van der Waals surface area contributed by atoms with Gasteiger partial charge in [0.25, 0.3) is 0 Å². The van der Waals surface area contributed by atoms with Crippen molar-refractivity contribution in [2.24, 2.45) is 11.8 Å². The van der Waals surface area contributed by atoms with Gasteiger partial charge in [-0.15, -0.1) is 0 Å². The summed E-state index contributed by atoms with van der Waals surface area (Å²) >= 11 is 0. The topological polar surface area (TPSA) is 12.0 Å². The Morgan fingerprint density at radius 2 is 1.53 bits per heavy atom. The highest BCUT2D eigenvalue weighted by Gasteiger charge is 2.12. The molecule has 0 rings (SSSR count). The summed E-state index contributed by atoms with van der Waals surface area (Å²) in [5.74, 6) is 1.71. The summed E-state index contributed by atoms with van der Waals surface area (Å²) in [6, 6.07) is 1.40. The van der Waals surface area contributed by atoms with E-state index < -0.39 is 0 Å². The van der Waals surface area contributed by atoms with Crippen molar-refractivity contribution in [3.8, 4) is 0 Å². The van der Waals surface area contributed by atoms with Crippen molar-refractivity contribution >= 4 is 0 Å². The molecule has 1 nitrogen and oxygen atoms in total. The Bertz CT molecular complexity index is 165. The van der Waals surface area contributed by atoms with Gasteiger partial charge in [-0.05, 0) is 38.0 Å². The summed E-state index contributed by atoms with van der Waals surface area (Å²) in [6.45, 7) is 13.9. The first-order chi connectivity index (χ1) is 7.99. The van der Waals surface area contributed by atoms with Crippen LogP contribution >= 0.6 is 0 Å². The smallest absolute Gasteiger partial charge is 0.00694 e. The Labute approximate surface area is 110 Å². The normalized spacial score (nSPS) is 17.1. The average Bonchev–Trinajstić information content (AvgIpc) is 2.27. The van der Waals surface area contributed by atoms with Gasteiger partial charge in [0.05, 0.1) is 0 Å². The van der Waals surface area contributed by atoms with E-state index in [0.717, 1.165) is 17.9 Å². The maximum Gasteiger partial charge on any atom is 0.00694 e. The molecule has 0 saturated carbocycles. The molecule has 0 amide bonds. The Morgan fingerprint density at radius 1 is 0.882 bits per heavy atom. The molecular formula is C16H35N. The third kappa shape index (κ3) is 9.64. The molecular weight excluding hydrogens is 206 g/mol. The van der Waals surface area contributed by atoms with Gasteiger partial charge >= 0.3 is 0 Å². The molecule has 1 N–H and O–H groups in total. The minimum absolute atomic E-state index is 0.683. The van der Waals surface area contributed by atoms with E-state index in [0.29, 0.717) is 6.04 Å². The Hall–Kier alpha value is -0.0400. The first-order valence-corrected chi connectivity index (χ1v) is 7.75. The van der Waals surface area contributed by atoms with Crippen molar-refractivity contribution in [2.75, 3.05) is 0 Å². The molecule has 0 heterocycles. The van der Waals surface area contributed by atoms with Gasteiger partial charge in [-0.2, -0.15) is 0 Å². The number of rotatable bonds is 10. The standard InChI is InChI=1S/C16H35N/c1-7-14(5)12-16(8-2)17-15(6)11-9-10-13(3)4/h13-17H,7-12H2,1-6H3. The molecule has 0 bridgehead atoms. The fraction of sp³-hybridized carbons (Fsp3) is 1.00. The number of hydrogen-bond donors (Lipinski definition) is 1. The number of hydrogen-bond acceptors (Lipinski definition) is 1. The predicted molar refractivity (Wildman–Crippen MR) is 79.4 cm³/mol. The van der Waals surface area contributed by atoms with Crippen LogP contribution in [0.1, 0.15) is 80.1 Å². The van der Waals surface area contributed by atoms with Gasteiger partial charge in [-0.25, -0.2) is 0 Å². The molecule has 1 heteroatoms. The summed E-state index contributed by atoms with van der Waals surface area (Å²) in [4.78, 5) is 0. The second-order valence-corrected chi connectivity index (χ2v) is 6.25. The lowest BCUT2D eigenvalue weighted by Gasteiger charge is -2.24. The summed E-state index contributed by atoms with van der Waals surface area (Å²) in [7, 11) is 0. The van der Waals surface area contributed by atoms with Crippen molar-refractivity contribution in [2.45, 2.75) is 92.2 Å². The van der Waals surface area contributed by atoms with Crippen LogP contribution in [-0.2, 0) is 0 Å². The first kappa shape index (κ1) is 17.0. The van der Waals surface area contributed by atoms with E-state index >= 15 is 0 Å². The summed E-state index contributed by atoms with van der Waals surface area (Å²) in [5.41, 5.74) is 0. The predicted octanol–water partition coefficient (Wildman–Crippen LogP) is 5.01. The van der Waals surface area contributed by atoms with E-state index in [1.807, 2.05) is 0 Å².